The normalized spacial score (nSPS) is 15.7. The van der Waals surface area contributed by atoms with Crippen LogP contribution in [0.25, 0.3) is 0 Å². The molecule has 0 spiro atoms. The minimum absolute atomic E-state index is 0.147. The molecule has 0 radical (unpaired) electrons. The zero-order valence-electron chi connectivity index (χ0n) is 20.9. The Hall–Kier alpha value is -3.01. The molecule has 9 heteroatoms. The maximum Gasteiger partial charge on any atom is 0.255 e. The molecule has 1 aliphatic rings. The number of hydrogen-bond donors (Lipinski definition) is 1. The van der Waals surface area contributed by atoms with Crippen LogP contribution in [0.1, 0.15) is 54.2 Å². The summed E-state index contributed by atoms with van der Waals surface area (Å²) in [6, 6.07) is 20.6. The Bertz CT molecular complexity index is 1370. The molecule has 0 fully saturated rings. The highest BCUT2D eigenvalue weighted by molar-refractivity contribution is 9.10. The molecule has 194 valence electrons. The average molecular weight is 585 g/mol. The zero-order chi connectivity index (χ0) is 26.6. The first kappa shape index (κ1) is 27.0. The topological polar surface area (TPSA) is 86.8 Å². The molecule has 1 unspecified atom stereocenters. The first-order valence-corrected chi connectivity index (χ1v) is 14.5. The van der Waals surface area contributed by atoms with E-state index >= 15 is 0 Å². The largest absolute Gasteiger partial charge is 0.324 e. The first-order chi connectivity index (χ1) is 17.8. The molecule has 37 heavy (non-hydrogen) atoms. The Morgan fingerprint density at radius 2 is 1.65 bits per heavy atom. The van der Waals surface area contributed by atoms with Crippen molar-refractivity contribution in [2.75, 3.05) is 25.0 Å². The number of nitrogens with one attached hydrogen (secondary N) is 1. The summed E-state index contributed by atoms with van der Waals surface area (Å²) >= 11 is 3.52. The third-order valence-corrected chi connectivity index (χ3v) is 8.68. The summed E-state index contributed by atoms with van der Waals surface area (Å²) in [5.74, 6) is -0.663. The minimum Gasteiger partial charge on any atom is -0.324 e. The number of benzene rings is 3. The second-order valence-electron chi connectivity index (χ2n) is 8.95. The van der Waals surface area contributed by atoms with Gasteiger partial charge < -0.3 is 10.2 Å². The molecule has 0 bridgehead atoms. The predicted octanol–water partition coefficient (Wildman–Crippen LogP) is 5.44. The van der Waals surface area contributed by atoms with Crippen LogP contribution in [-0.4, -0.2) is 49.1 Å². The lowest BCUT2D eigenvalue weighted by Gasteiger charge is -2.31. The SMILES string of the molecule is CCCN(CCC)S(=O)(=O)c1ccc(C(=O)N2CC(=O)Nc3ccc(Br)cc3C2c2ccccc2)cc1. The zero-order valence-corrected chi connectivity index (χ0v) is 23.3. The van der Waals surface area contributed by atoms with Crippen molar-refractivity contribution in [1.82, 2.24) is 9.21 Å². The van der Waals surface area contributed by atoms with Gasteiger partial charge in [-0.3, -0.25) is 9.59 Å². The maximum absolute atomic E-state index is 13.9. The van der Waals surface area contributed by atoms with Gasteiger partial charge in [-0.1, -0.05) is 60.1 Å². The number of nitrogens with zero attached hydrogens (tertiary/aromatic N) is 2. The van der Waals surface area contributed by atoms with Gasteiger partial charge in [-0.25, -0.2) is 8.42 Å². The van der Waals surface area contributed by atoms with Gasteiger partial charge in [0.2, 0.25) is 15.9 Å². The van der Waals surface area contributed by atoms with Crippen LogP contribution < -0.4 is 5.32 Å². The summed E-state index contributed by atoms with van der Waals surface area (Å²) < 4.78 is 28.6. The van der Waals surface area contributed by atoms with Crippen LogP contribution in [0, 0.1) is 0 Å². The van der Waals surface area contributed by atoms with Gasteiger partial charge >= 0.3 is 0 Å². The van der Waals surface area contributed by atoms with Crippen molar-refractivity contribution in [2.24, 2.45) is 0 Å². The molecule has 1 N–H and O–H groups in total. The molecule has 0 saturated carbocycles. The van der Waals surface area contributed by atoms with Crippen molar-refractivity contribution < 1.29 is 18.0 Å². The molecular formula is C28H30BrN3O4S. The second-order valence-corrected chi connectivity index (χ2v) is 11.8. The maximum atomic E-state index is 13.9. The van der Waals surface area contributed by atoms with Gasteiger partial charge in [-0.05, 0) is 60.9 Å². The summed E-state index contributed by atoms with van der Waals surface area (Å²) in [6.45, 7) is 4.61. The Morgan fingerprint density at radius 1 is 1.00 bits per heavy atom. The van der Waals surface area contributed by atoms with Crippen molar-refractivity contribution in [1.29, 1.82) is 0 Å². The van der Waals surface area contributed by atoms with E-state index in [0.717, 1.165) is 15.6 Å². The molecular weight excluding hydrogens is 554 g/mol. The Kier molecular flexibility index (Phi) is 8.46. The highest BCUT2D eigenvalue weighted by Gasteiger charge is 2.34. The lowest BCUT2D eigenvalue weighted by Crippen LogP contribution is -2.39. The molecule has 1 heterocycles. The van der Waals surface area contributed by atoms with E-state index in [1.54, 1.807) is 0 Å². The predicted molar refractivity (Wildman–Crippen MR) is 148 cm³/mol. The van der Waals surface area contributed by atoms with E-state index < -0.39 is 16.1 Å². The molecule has 3 aromatic rings. The number of fused-ring (bicyclic) bond motifs is 1. The number of carbonyl (C=O) groups is 2. The number of carbonyl (C=O) groups excluding carboxylic acids is 2. The van der Waals surface area contributed by atoms with Crippen LogP contribution in [-0.2, 0) is 14.8 Å². The number of halogens is 1. The van der Waals surface area contributed by atoms with Crippen LogP contribution >= 0.6 is 15.9 Å². The Morgan fingerprint density at radius 3 is 2.27 bits per heavy atom. The summed E-state index contributed by atoms with van der Waals surface area (Å²) in [6.07, 6.45) is 1.43. The number of anilines is 1. The van der Waals surface area contributed by atoms with Gasteiger partial charge in [0.25, 0.3) is 5.91 Å². The van der Waals surface area contributed by atoms with Gasteiger partial charge in [0.1, 0.15) is 6.54 Å². The molecule has 7 nitrogen and oxygen atoms in total. The fourth-order valence-electron chi connectivity index (χ4n) is 4.60. The van der Waals surface area contributed by atoms with E-state index in [9.17, 15) is 18.0 Å². The summed E-state index contributed by atoms with van der Waals surface area (Å²) in [5, 5.41) is 2.91. The third kappa shape index (κ3) is 5.79. The van der Waals surface area contributed by atoms with Crippen LogP contribution in [0.5, 0.6) is 0 Å². The van der Waals surface area contributed by atoms with Crippen LogP contribution in [0.4, 0.5) is 5.69 Å². The first-order valence-electron chi connectivity index (χ1n) is 12.3. The number of rotatable bonds is 8. The highest BCUT2D eigenvalue weighted by Crippen LogP contribution is 2.38. The van der Waals surface area contributed by atoms with Crippen LogP contribution in [0.2, 0.25) is 0 Å². The molecule has 3 aromatic carbocycles. The van der Waals surface area contributed by atoms with E-state index in [4.69, 9.17) is 0 Å². The third-order valence-electron chi connectivity index (χ3n) is 6.27. The number of sulfonamides is 1. The van der Waals surface area contributed by atoms with Gasteiger partial charge in [-0.15, -0.1) is 0 Å². The van der Waals surface area contributed by atoms with Crippen LogP contribution in [0.15, 0.2) is 82.2 Å². The molecule has 0 saturated heterocycles. The van der Waals surface area contributed by atoms with E-state index in [1.165, 1.54) is 33.5 Å². The molecule has 1 aliphatic heterocycles. The van der Waals surface area contributed by atoms with Gasteiger partial charge in [0, 0.05) is 34.4 Å². The van der Waals surface area contributed by atoms with E-state index in [2.05, 4.69) is 21.2 Å². The van der Waals surface area contributed by atoms with E-state index in [1.807, 2.05) is 62.4 Å². The smallest absolute Gasteiger partial charge is 0.255 e. The molecule has 0 aromatic heterocycles. The summed E-state index contributed by atoms with van der Waals surface area (Å²) in [4.78, 5) is 28.4. The number of hydrogen-bond acceptors (Lipinski definition) is 4. The highest BCUT2D eigenvalue weighted by atomic mass is 79.9. The second kappa shape index (κ2) is 11.6. The van der Waals surface area contributed by atoms with Crippen molar-refractivity contribution in [3.63, 3.8) is 0 Å². The van der Waals surface area contributed by atoms with Gasteiger partial charge in [0.15, 0.2) is 0 Å². The fraction of sp³-hybridized carbons (Fsp3) is 0.286. The van der Waals surface area contributed by atoms with Gasteiger partial charge in [0.05, 0.1) is 10.9 Å². The summed E-state index contributed by atoms with van der Waals surface area (Å²) in [7, 11) is -3.67. The molecule has 2 amide bonds. The molecule has 0 aliphatic carbocycles. The standard InChI is InChI=1S/C28H30BrN3O4S/c1-3-16-31(17-4-2)37(35,36)23-13-10-21(11-14-23)28(34)32-19-26(33)30-25-15-12-22(29)18-24(25)27(32)20-8-6-5-7-9-20/h5-15,18,27H,3-4,16-17,19H2,1-2H3,(H,30,33). The summed E-state index contributed by atoms with van der Waals surface area (Å²) in [5.41, 5.74) is 2.60. The van der Waals surface area contributed by atoms with Crippen molar-refractivity contribution in [2.45, 2.75) is 37.6 Å². The van der Waals surface area contributed by atoms with E-state index in [-0.39, 0.29) is 23.3 Å². The van der Waals surface area contributed by atoms with Crippen molar-refractivity contribution >= 4 is 43.5 Å². The van der Waals surface area contributed by atoms with Crippen molar-refractivity contribution in [3.05, 3.63) is 94.0 Å². The van der Waals surface area contributed by atoms with Crippen LogP contribution in [0.3, 0.4) is 0 Å². The Balaban J connectivity index is 1.73. The Labute approximate surface area is 226 Å². The lowest BCUT2D eigenvalue weighted by atomic mass is 9.95. The average Bonchev–Trinajstić information content (AvgIpc) is 3.04. The molecule has 4 rings (SSSR count). The van der Waals surface area contributed by atoms with E-state index in [0.29, 0.717) is 37.2 Å². The fourth-order valence-corrected chi connectivity index (χ4v) is 6.60. The lowest BCUT2D eigenvalue weighted by molar-refractivity contribution is -0.117. The minimum atomic E-state index is -3.67. The van der Waals surface area contributed by atoms with Crippen molar-refractivity contribution in [3.8, 4) is 0 Å². The quantitative estimate of drug-likeness (QED) is 0.382. The monoisotopic (exact) mass is 583 g/mol. The molecule has 1 atom stereocenters. The number of amides is 2. The van der Waals surface area contributed by atoms with Gasteiger partial charge in [-0.2, -0.15) is 4.31 Å².